The minimum absolute atomic E-state index is 0.159. The highest BCUT2D eigenvalue weighted by Crippen LogP contribution is 2.48. The number of rotatable bonds is 3. The van der Waals surface area contributed by atoms with Crippen LogP contribution in [0.2, 0.25) is 0 Å². The lowest BCUT2D eigenvalue weighted by atomic mass is 9.85. The van der Waals surface area contributed by atoms with E-state index < -0.39 is 11.7 Å². The number of ether oxygens (including phenoxy) is 1. The number of hydrogen-bond donors (Lipinski definition) is 0. The highest BCUT2D eigenvalue weighted by atomic mass is 19.4. The summed E-state index contributed by atoms with van der Waals surface area (Å²) in [6.07, 6.45) is 3.05. The van der Waals surface area contributed by atoms with Crippen LogP contribution < -0.4 is 4.74 Å². The van der Waals surface area contributed by atoms with Crippen LogP contribution in [-0.2, 0) is 6.18 Å². The van der Waals surface area contributed by atoms with Crippen molar-refractivity contribution in [2.24, 2.45) is 11.8 Å². The van der Waals surface area contributed by atoms with E-state index in [0.717, 1.165) is 55.4 Å². The molecule has 3 aliphatic rings. The van der Waals surface area contributed by atoms with E-state index in [-0.39, 0.29) is 5.92 Å². The van der Waals surface area contributed by atoms with Crippen LogP contribution in [0.25, 0.3) is 0 Å². The van der Waals surface area contributed by atoms with Gasteiger partial charge in [-0.15, -0.1) is 0 Å². The van der Waals surface area contributed by atoms with Gasteiger partial charge in [-0.25, -0.2) is 0 Å². The summed E-state index contributed by atoms with van der Waals surface area (Å²) in [6.45, 7) is 2.00. The minimum Gasteiger partial charge on any atom is -0.496 e. The summed E-state index contributed by atoms with van der Waals surface area (Å²) in [5.41, 5.74) is 0.156. The van der Waals surface area contributed by atoms with Crippen LogP contribution >= 0.6 is 0 Å². The van der Waals surface area contributed by atoms with Crippen molar-refractivity contribution in [1.29, 1.82) is 0 Å². The average Bonchev–Trinajstić information content (AvgIpc) is 3.24. The first-order valence-corrected chi connectivity index (χ1v) is 9.45. The standard InChI is InChI=1S/C20H26F3NO/c1-25-19-5-4-16(20(21,22)23)12-17(19)14-6-8-24(9-7-14)18-11-13-2-3-15(18)10-13/h4-5,12-15,18H,2-3,6-11H2,1H3/t13-,15-,18?/m0/s1. The van der Waals surface area contributed by atoms with Crippen LogP contribution in [0.5, 0.6) is 5.75 Å². The zero-order chi connectivity index (χ0) is 17.6. The van der Waals surface area contributed by atoms with Gasteiger partial charge < -0.3 is 9.64 Å². The fraction of sp³-hybridized carbons (Fsp3) is 0.700. The molecular formula is C20H26F3NO. The maximum absolute atomic E-state index is 13.1. The van der Waals surface area contributed by atoms with Crippen molar-refractivity contribution in [1.82, 2.24) is 4.90 Å². The molecule has 2 nitrogen and oxygen atoms in total. The first-order valence-electron chi connectivity index (χ1n) is 9.45. The molecule has 25 heavy (non-hydrogen) atoms. The summed E-state index contributed by atoms with van der Waals surface area (Å²) in [6, 6.07) is 4.62. The zero-order valence-corrected chi connectivity index (χ0v) is 14.7. The van der Waals surface area contributed by atoms with Gasteiger partial charge in [-0.2, -0.15) is 13.2 Å². The molecule has 1 aromatic carbocycles. The van der Waals surface area contributed by atoms with Gasteiger partial charge in [0.25, 0.3) is 0 Å². The van der Waals surface area contributed by atoms with Crippen molar-refractivity contribution in [2.75, 3.05) is 20.2 Å². The summed E-state index contributed by atoms with van der Waals surface area (Å²) in [7, 11) is 1.54. The molecule has 2 saturated carbocycles. The first-order chi connectivity index (χ1) is 12.0. The fourth-order valence-corrected chi connectivity index (χ4v) is 5.43. The molecule has 1 heterocycles. The highest BCUT2D eigenvalue weighted by molar-refractivity contribution is 5.41. The molecule has 0 radical (unpaired) electrons. The predicted octanol–water partition coefficient (Wildman–Crippen LogP) is 5.08. The molecular weight excluding hydrogens is 327 g/mol. The van der Waals surface area contributed by atoms with Gasteiger partial charge in [-0.05, 0) is 86.7 Å². The van der Waals surface area contributed by atoms with Crippen LogP contribution in [0, 0.1) is 11.8 Å². The lowest BCUT2D eigenvalue weighted by Crippen LogP contribution is -2.43. The number of nitrogens with zero attached hydrogens (tertiary/aromatic N) is 1. The Morgan fingerprint density at radius 2 is 1.80 bits per heavy atom. The van der Waals surface area contributed by atoms with Crippen LogP contribution in [0.4, 0.5) is 13.2 Å². The number of likely N-dealkylation sites (tertiary alicyclic amines) is 1. The molecule has 138 valence electrons. The van der Waals surface area contributed by atoms with Gasteiger partial charge in [0, 0.05) is 6.04 Å². The van der Waals surface area contributed by atoms with E-state index >= 15 is 0 Å². The fourth-order valence-electron chi connectivity index (χ4n) is 5.43. The van der Waals surface area contributed by atoms with Gasteiger partial charge in [-0.1, -0.05) is 6.42 Å². The largest absolute Gasteiger partial charge is 0.496 e. The van der Waals surface area contributed by atoms with Crippen LogP contribution in [-0.4, -0.2) is 31.1 Å². The molecule has 1 aromatic rings. The van der Waals surface area contributed by atoms with Crippen LogP contribution in [0.15, 0.2) is 18.2 Å². The molecule has 1 unspecified atom stereocenters. The quantitative estimate of drug-likeness (QED) is 0.751. The van der Waals surface area contributed by atoms with Gasteiger partial charge in [0.2, 0.25) is 0 Å². The Balaban J connectivity index is 1.46. The molecule has 3 atom stereocenters. The molecule has 1 aliphatic heterocycles. The number of halogens is 3. The van der Waals surface area contributed by atoms with Gasteiger partial charge in [-0.3, -0.25) is 0 Å². The maximum atomic E-state index is 13.1. The van der Waals surface area contributed by atoms with Gasteiger partial charge in [0.15, 0.2) is 0 Å². The molecule has 1 saturated heterocycles. The number of piperidine rings is 1. The van der Waals surface area contributed by atoms with E-state index in [1.165, 1.54) is 44.9 Å². The molecule has 0 aromatic heterocycles. The second kappa shape index (κ2) is 6.49. The molecule has 3 fully saturated rings. The van der Waals surface area contributed by atoms with Crippen molar-refractivity contribution in [3.05, 3.63) is 29.3 Å². The first kappa shape index (κ1) is 17.2. The van der Waals surface area contributed by atoms with Crippen molar-refractivity contribution in [3.8, 4) is 5.75 Å². The summed E-state index contributed by atoms with van der Waals surface area (Å²) >= 11 is 0. The average molecular weight is 353 g/mol. The number of alkyl halides is 3. The molecule has 0 spiro atoms. The Labute approximate surface area is 147 Å². The van der Waals surface area contributed by atoms with Crippen LogP contribution in [0.1, 0.15) is 55.6 Å². The van der Waals surface area contributed by atoms with Gasteiger partial charge >= 0.3 is 6.18 Å². The second-order valence-corrected chi connectivity index (χ2v) is 8.01. The third-order valence-electron chi connectivity index (χ3n) is 6.70. The number of hydrogen-bond acceptors (Lipinski definition) is 2. The monoisotopic (exact) mass is 353 g/mol. The normalized spacial score (nSPS) is 30.8. The number of benzene rings is 1. The van der Waals surface area contributed by atoms with Crippen molar-refractivity contribution in [2.45, 2.75) is 56.7 Å². The van der Waals surface area contributed by atoms with Crippen LogP contribution in [0.3, 0.4) is 0 Å². The third kappa shape index (κ3) is 3.27. The SMILES string of the molecule is COc1ccc(C(F)(F)F)cc1C1CCN(C2C[C@H]3CC[C@H]2C3)CC1. The Morgan fingerprint density at radius 1 is 1.04 bits per heavy atom. The summed E-state index contributed by atoms with van der Waals surface area (Å²) in [5.74, 6) is 2.54. The molecule has 2 bridgehead atoms. The van der Waals surface area contributed by atoms with Gasteiger partial charge in [0.1, 0.15) is 5.75 Å². The van der Waals surface area contributed by atoms with E-state index in [9.17, 15) is 13.2 Å². The summed E-state index contributed by atoms with van der Waals surface area (Å²) < 4.78 is 44.6. The Hall–Kier alpha value is -1.23. The topological polar surface area (TPSA) is 12.5 Å². The third-order valence-corrected chi connectivity index (χ3v) is 6.70. The Morgan fingerprint density at radius 3 is 2.36 bits per heavy atom. The molecule has 4 rings (SSSR count). The molecule has 2 aliphatic carbocycles. The molecule has 0 amide bonds. The van der Waals surface area contributed by atoms with E-state index in [4.69, 9.17) is 4.74 Å². The smallest absolute Gasteiger partial charge is 0.416 e. The summed E-state index contributed by atoms with van der Waals surface area (Å²) in [4.78, 5) is 2.61. The molecule has 0 N–H and O–H groups in total. The summed E-state index contributed by atoms with van der Waals surface area (Å²) in [5, 5.41) is 0. The lowest BCUT2D eigenvalue weighted by molar-refractivity contribution is -0.137. The van der Waals surface area contributed by atoms with Crippen molar-refractivity contribution in [3.63, 3.8) is 0 Å². The van der Waals surface area contributed by atoms with Crippen molar-refractivity contribution < 1.29 is 17.9 Å². The van der Waals surface area contributed by atoms with E-state index in [1.807, 2.05) is 0 Å². The van der Waals surface area contributed by atoms with Gasteiger partial charge in [0.05, 0.1) is 12.7 Å². The van der Waals surface area contributed by atoms with E-state index in [0.29, 0.717) is 5.75 Å². The highest BCUT2D eigenvalue weighted by Gasteiger charge is 2.43. The Bertz CT molecular complexity index is 622. The lowest BCUT2D eigenvalue weighted by Gasteiger charge is -2.40. The second-order valence-electron chi connectivity index (χ2n) is 8.01. The number of fused-ring (bicyclic) bond motifs is 2. The number of methoxy groups -OCH3 is 1. The predicted molar refractivity (Wildman–Crippen MR) is 90.8 cm³/mol. The van der Waals surface area contributed by atoms with E-state index in [1.54, 1.807) is 0 Å². The van der Waals surface area contributed by atoms with Crippen molar-refractivity contribution >= 4 is 0 Å². The maximum Gasteiger partial charge on any atom is 0.416 e. The van der Waals surface area contributed by atoms with E-state index in [2.05, 4.69) is 4.90 Å². The Kier molecular flexibility index (Phi) is 4.47. The zero-order valence-electron chi connectivity index (χ0n) is 14.7. The minimum atomic E-state index is -4.30. The molecule has 5 heteroatoms.